The van der Waals surface area contributed by atoms with Gasteiger partial charge in [-0.05, 0) is 6.92 Å². The van der Waals surface area contributed by atoms with E-state index in [0.717, 1.165) is 4.57 Å². The number of rotatable bonds is 3. The normalized spacial score (nSPS) is 30.7. The van der Waals surface area contributed by atoms with Gasteiger partial charge < -0.3 is 14.6 Å². The highest BCUT2D eigenvalue weighted by Crippen LogP contribution is 2.30. The highest BCUT2D eigenvalue weighted by Gasteiger charge is 2.45. The summed E-state index contributed by atoms with van der Waals surface area (Å²) in [6, 6.07) is 0. The van der Waals surface area contributed by atoms with E-state index in [0.29, 0.717) is 0 Å². The molecule has 106 valence electrons. The summed E-state index contributed by atoms with van der Waals surface area (Å²) < 4.78 is 25.0. The Labute approximate surface area is 107 Å². The van der Waals surface area contributed by atoms with E-state index >= 15 is 0 Å². The third kappa shape index (κ3) is 2.46. The van der Waals surface area contributed by atoms with Crippen LogP contribution in [-0.2, 0) is 9.47 Å². The second kappa shape index (κ2) is 5.24. The van der Waals surface area contributed by atoms with Crippen LogP contribution in [0.2, 0.25) is 0 Å². The zero-order valence-electron chi connectivity index (χ0n) is 10.5. The van der Waals surface area contributed by atoms with E-state index in [1.165, 1.54) is 20.2 Å². The monoisotopic (exact) mass is 274 g/mol. The van der Waals surface area contributed by atoms with Crippen LogP contribution < -0.4 is 11.2 Å². The predicted octanol–water partition coefficient (Wildman–Crippen LogP) is -0.912. The van der Waals surface area contributed by atoms with Gasteiger partial charge in [0.2, 0.25) is 0 Å². The Kier molecular flexibility index (Phi) is 3.83. The van der Waals surface area contributed by atoms with Crippen LogP contribution in [0.15, 0.2) is 15.8 Å². The van der Waals surface area contributed by atoms with Gasteiger partial charge in [0.25, 0.3) is 5.56 Å². The number of aryl methyl sites for hydroxylation is 1. The van der Waals surface area contributed by atoms with Gasteiger partial charge in [-0.3, -0.25) is 14.3 Å². The molecular formula is C11H15FN2O5. The third-order valence-corrected chi connectivity index (χ3v) is 3.04. The van der Waals surface area contributed by atoms with E-state index in [4.69, 9.17) is 9.47 Å². The van der Waals surface area contributed by atoms with E-state index < -0.39 is 35.9 Å². The average Bonchev–Trinajstić information content (AvgIpc) is 2.63. The maximum Gasteiger partial charge on any atom is 0.330 e. The molecule has 1 fully saturated rings. The number of halogens is 1. The molecule has 8 heteroatoms. The molecule has 0 amide bonds. The van der Waals surface area contributed by atoms with Gasteiger partial charge >= 0.3 is 5.69 Å². The van der Waals surface area contributed by atoms with Crippen molar-refractivity contribution < 1.29 is 19.0 Å². The number of alkyl halides is 1. The molecule has 4 atom stereocenters. The second-order valence-corrected chi connectivity index (χ2v) is 4.43. The molecule has 7 nitrogen and oxygen atoms in total. The largest absolute Gasteiger partial charge is 0.387 e. The predicted molar refractivity (Wildman–Crippen MR) is 62.7 cm³/mol. The first kappa shape index (κ1) is 13.9. The van der Waals surface area contributed by atoms with Gasteiger partial charge in [-0.25, -0.2) is 9.18 Å². The molecule has 1 aliphatic rings. The molecule has 0 bridgehead atoms. The lowest BCUT2D eigenvalue weighted by atomic mass is 10.1. The fraction of sp³-hybridized carbons (Fsp3) is 0.636. The van der Waals surface area contributed by atoms with Crippen molar-refractivity contribution in [1.29, 1.82) is 0 Å². The van der Waals surface area contributed by atoms with Gasteiger partial charge in [0.15, 0.2) is 12.4 Å². The highest BCUT2D eigenvalue weighted by molar-refractivity contribution is 5.03. The molecule has 1 aliphatic heterocycles. The zero-order valence-corrected chi connectivity index (χ0v) is 10.5. The summed E-state index contributed by atoms with van der Waals surface area (Å²) in [4.78, 5) is 24.9. The molecule has 0 aromatic carbocycles. The number of methoxy groups -OCH3 is 1. The summed E-state index contributed by atoms with van der Waals surface area (Å²) in [7, 11) is 1.40. The minimum Gasteiger partial charge on any atom is -0.387 e. The molecule has 2 N–H and O–H groups in total. The molecule has 1 aromatic rings. The first-order valence-electron chi connectivity index (χ1n) is 5.74. The van der Waals surface area contributed by atoms with Gasteiger partial charge in [0.05, 0.1) is 6.61 Å². The van der Waals surface area contributed by atoms with Crippen molar-refractivity contribution in [2.24, 2.45) is 0 Å². The zero-order chi connectivity index (χ0) is 14.2. The Balaban J connectivity index is 2.35. The van der Waals surface area contributed by atoms with E-state index in [2.05, 4.69) is 4.98 Å². The van der Waals surface area contributed by atoms with Gasteiger partial charge in [-0.2, -0.15) is 0 Å². The van der Waals surface area contributed by atoms with Crippen LogP contribution in [0.25, 0.3) is 0 Å². The molecular weight excluding hydrogens is 259 g/mol. The third-order valence-electron chi connectivity index (χ3n) is 3.04. The lowest BCUT2D eigenvalue weighted by molar-refractivity contribution is -0.0572. The van der Waals surface area contributed by atoms with Crippen molar-refractivity contribution in [3.8, 4) is 0 Å². The number of H-pyrrole nitrogens is 1. The van der Waals surface area contributed by atoms with Gasteiger partial charge in [0.1, 0.15) is 12.2 Å². The fourth-order valence-corrected chi connectivity index (χ4v) is 2.00. The lowest BCUT2D eigenvalue weighted by Crippen LogP contribution is -2.36. The van der Waals surface area contributed by atoms with Crippen LogP contribution in [0.5, 0.6) is 0 Å². The standard InChI is InChI=1S/C11H15FN2O5/c1-5-3-14(11(17)13-9(5)16)10-7(12)8(15)6(19-10)4-18-2/h3,6-8,10,15H,4H2,1-2H3,(H,13,16,17). The van der Waals surface area contributed by atoms with Crippen molar-refractivity contribution in [2.75, 3.05) is 13.7 Å². The fourth-order valence-electron chi connectivity index (χ4n) is 2.00. The Morgan fingerprint density at radius 1 is 1.58 bits per heavy atom. The van der Waals surface area contributed by atoms with Gasteiger partial charge in [0, 0.05) is 18.9 Å². The van der Waals surface area contributed by atoms with Crippen molar-refractivity contribution in [2.45, 2.75) is 31.5 Å². The van der Waals surface area contributed by atoms with Crippen LogP contribution >= 0.6 is 0 Å². The topological polar surface area (TPSA) is 93.5 Å². The number of aromatic nitrogens is 2. The van der Waals surface area contributed by atoms with Crippen LogP contribution in [-0.4, -0.2) is 46.8 Å². The van der Waals surface area contributed by atoms with Crippen molar-refractivity contribution in [3.05, 3.63) is 32.6 Å². The minimum atomic E-state index is -1.77. The van der Waals surface area contributed by atoms with Crippen molar-refractivity contribution in [1.82, 2.24) is 9.55 Å². The lowest BCUT2D eigenvalue weighted by Gasteiger charge is -2.16. The van der Waals surface area contributed by atoms with Gasteiger partial charge in [-0.15, -0.1) is 0 Å². The van der Waals surface area contributed by atoms with E-state index in [-0.39, 0.29) is 12.2 Å². The summed E-state index contributed by atoms with van der Waals surface area (Å²) in [6.45, 7) is 1.50. The highest BCUT2D eigenvalue weighted by atomic mass is 19.1. The summed E-state index contributed by atoms with van der Waals surface area (Å²) in [5.74, 6) is 0. The Bertz CT molecular complexity index is 569. The summed E-state index contributed by atoms with van der Waals surface area (Å²) >= 11 is 0. The van der Waals surface area contributed by atoms with Crippen molar-refractivity contribution >= 4 is 0 Å². The number of hydrogen-bond donors (Lipinski definition) is 2. The van der Waals surface area contributed by atoms with Crippen LogP contribution in [0.1, 0.15) is 11.8 Å². The minimum absolute atomic E-state index is 0.00910. The quantitative estimate of drug-likeness (QED) is 0.744. The molecule has 0 aliphatic carbocycles. The number of hydrogen-bond acceptors (Lipinski definition) is 5. The number of aliphatic hydroxyl groups excluding tert-OH is 1. The average molecular weight is 274 g/mol. The number of nitrogens with one attached hydrogen (secondary N) is 1. The summed E-state index contributed by atoms with van der Waals surface area (Å²) in [5, 5.41) is 9.67. The number of aromatic amines is 1. The number of ether oxygens (including phenoxy) is 2. The molecule has 0 spiro atoms. The maximum atomic E-state index is 14.0. The number of nitrogens with zero attached hydrogens (tertiary/aromatic N) is 1. The summed E-state index contributed by atoms with van der Waals surface area (Å²) in [5.41, 5.74) is -1.07. The molecule has 0 saturated carbocycles. The smallest absolute Gasteiger partial charge is 0.330 e. The van der Waals surface area contributed by atoms with Crippen LogP contribution in [0.3, 0.4) is 0 Å². The molecule has 2 heterocycles. The van der Waals surface area contributed by atoms with Crippen LogP contribution in [0, 0.1) is 6.92 Å². The molecule has 4 unspecified atom stereocenters. The first-order chi connectivity index (χ1) is 8.95. The molecule has 19 heavy (non-hydrogen) atoms. The molecule has 2 rings (SSSR count). The van der Waals surface area contributed by atoms with E-state index in [1.807, 2.05) is 0 Å². The van der Waals surface area contributed by atoms with Crippen molar-refractivity contribution in [3.63, 3.8) is 0 Å². The molecule has 0 radical (unpaired) electrons. The molecule has 1 saturated heterocycles. The maximum absolute atomic E-state index is 14.0. The van der Waals surface area contributed by atoms with E-state index in [1.54, 1.807) is 0 Å². The molecule has 1 aromatic heterocycles. The Hall–Kier alpha value is -1.51. The number of aliphatic hydroxyl groups is 1. The SMILES string of the molecule is COCC1OC(n2cc(C)c(=O)[nH]c2=O)C(F)C1O. The summed E-state index contributed by atoms with van der Waals surface area (Å²) in [6.07, 6.45) is -4.09. The Morgan fingerprint density at radius 2 is 2.26 bits per heavy atom. The second-order valence-electron chi connectivity index (χ2n) is 4.43. The first-order valence-corrected chi connectivity index (χ1v) is 5.74. The van der Waals surface area contributed by atoms with Crippen LogP contribution in [0.4, 0.5) is 4.39 Å². The van der Waals surface area contributed by atoms with Gasteiger partial charge in [-0.1, -0.05) is 0 Å². The Morgan fingerprint density at radius 3 is 2.89 bits per heavy atom. The van der Waals surface area contributed by atoms with E-state index in [9.17, 15) is 19.1 Å².